The minimum atomic E-state index is 0. The van der Waals surface area contributed by atoms with Crippen LogP contribution in [0.5, 0.6) is 0 Å². The second-order valence-corrected chi connectivity index (χ2v) is 6.31. The summed E-state index contributed by atoms with van der Waals surface area (Å²) in [6.45, 7) is 6.75. The number of likely N-dealkylation sites (tertiary alicyclic amines) is 1. The molecule has 2 N–H and O–H groups in total. The van der Waals surface area contributed by atoms with Crippen LogP contribution in [0.4, 0.5) is 0 Å². The molecule has 2 fully saturated rings. The summed E-state index contributed by atoms with van der Waals surface area (Å²) in [6, 6.07) is 0.635. The van der Waals surface area contributed by atoms with Crippen molar-refractivity contribution < 1.29 is 4.79 Å². The molecule has 0 aromatic carbocycles. The number of carbonyl (C=O) groups is 1. The first-order valence-electron chi connectivity index (χ1n) is 7.22. The molecular weight excluding hydrogens is 262 g/mol. The number of halogens is 1. The minimum Gasteiger partial charge on any atom is -0.342 e. The van der Waals surface area contributed by atoms with Crippen LogP contribution in [-0.2, 0) is 4.79 Å². The van der Waals surface area contributed by atoms with Crippen LogP contribution in [0.2, 0.25) is 0 Å². The molecule has 112 valence electrons. The van der Waals surface area contributed by atoms with Crippen molar-refractivity contribution in [3.8, 4) is 0 Å². The average Bonchev–Trinajstić information content (AvgIpc) is 2.71. The molecule has 2 rings (SSSR count). The maximum absolute atomic E-state index is 12.1. The van der Waals surface area contributed by atoms with Gasteiger partial charge in [0, 0.05) is 32.2 Å². The number of rotatable bonds is 3. The lowest BCUT2D eigenvalue weighted by atomic mass is 9.78. The molecule has 5 heteroatoms. The quantitative estimate of drug-likeness (QED) is 0.853. The van der Waals surface area contributed by atoms with E-state index in [1.807, 2.05) is 11.9 Å². The monoisotopic (exact) mass is 289 g/mol. The van der Waals surface area contributed by atoms with E-state index in [0.29, 0.717) is 18.5 Å². The SMILES string of the molecule is CC(C)N(C)C(=O)CN1CC2CCCC(N)C2C1.Cl. The van der Waals surface area contributed by atoms with Crippen LogP contribution < -0.4 is 5.73 Å². The number of hydrogen-bond acceptors (Lipinski definition) is 3. The second-order valence-electron chi connectivity index (χ2n) is 6.31. The Kier molecular flexibility index (Phi) is 6.09. The molecule has 1 aliphatic carbocycles. The zero-order chi connectivity index (χ0) is 13.3. The van der Waals surface area contributed by atoms with Gasteiger partial charge >= 0.3 is 0 Å². The highest BCUT2D eigenvalue weighted by atomic mass is 35.5. The maximum Gasteiger partial charge on any atom is 0.236 e. The summed E-state index contributed by atoms with van der Waals surface area (Å²) in [5, 5.41) is 0. The molecule has 1 heterocycles. The van der Waals surface area contributed by atoms with E-state index >= 15 is 0 Å². The molecule has 0 radical (unpaired) electrons. The largest absolute Gasteiger partial charge is 0.342 e. The summed E-state index contributed by atoms with van der Waals surface area (Å²) >= 11 is 0. The van der Waals surface area contributed by atoms with Crippen LogP contribution in [0.25, 0.3) is 0 Å². The summed E-state index contributed by atoms with van der Waals surface area (Å²) in [7, 11) is 1.89. The zero-order valence-electron chi connectivity index (χ0n) is 12.3. The van der Waals surface area contributed by atoms with Gasteiger partial charge in [0.15, 0.2) is 0 Å². The molecule has 19 heavy (non-hydrogen) atoms. The topological polar surface area (TPSA) is 49.6 Å². The molecular formula is C14H28ClN3O. The smallest absolute Gasteiger partial charge is 0.236 e. The van der Waals surface area contributed by atoms with Crippen molar-refractivity contribution in [1.29, 1.82) is 0 Å². The second kappa shape index (κ2) is 6.91. The Balaban J connectivity index is 0.00000180. The normalized spacial score (nSPS) is 30.9. The van der Waals surface area contributed by atoms with E-state index in [2.05, 4.69) is 18.7 Å². The maximum atomic E-state index is 12.1. The lowest BCUT2D eigenvalue weighted by Crippen LogP contribution is -2.41. The standard InChI is InChI=1S/C14H27N3O.ClH/c1-10(2)16(3)14(18)9-17-7-11-5-4-6-13(15)12(11)8-17;/h10-13H,4-9,15H2,1-3H3;1H. The Morgan fingerprint density at radius 3 is 2.63 bits per heavy atom. The fourth-order valence-corrected chi connectivity index (χ4v) is 3.33. The fraction of sp³-hybridized carbons (Fsp3) is 0.929. The zero-order valence-corrected chi connectivity index (χ0v) is 13.2. The molecule has 3 unspecified atom stereocenters. The van der Waals surface area contributed by atoms with Crippen LogP contribution >= 0.6 is 12.4 Å². The fourth-order valence-electron chi connectivity index (χ4n) is 3.33. The van der Waals surface area contributed by atoms with Gasteiger partial charge in [-0.1, -0.05) is 6.42 Å². The molecule has 1 saturated heterocycles. The van der Waals surface area contributed by atoms with E-state index in [4.69, 9.17) is 5.73 Å². The van der Waals surface area contributed by atoms with E-state index < -0.39 is 0 Å². The predicted molar refractivity (Wildman–Crippen MR) is 80.4 cm³/mol. The van der Waals surface area contributed by atoms with Crippen molar-refractivity contribution in [2.24, 2.45) is 17.6 Å². The Labute approximate surface area is 123 Å². The molecule has 0 aromatic heterocycles. The van der Waals surface area contributed by atoms with E-state index in [1.54, 1.807) is 0 Å². The minimum absolute atomic E-state index is 0. The van der Waals surface area contributed by atoms with Crippen LogP contribution in [0, 0.1) is 11.8 Å². The molecule has 1 aliphatic heterocycles. The Morgan fingerprint density at radius 1 is 1.37 bits per heavy atom. The van der Waals surface area contributed by atoms with Gasteiger partial charge in [-0.3, -0.25) is 9.69 Å². The Hall–Kier alpha value is -0.320. The summed E-state index contributed by atoms with van der Waals surface area (Å²) in [6.07, 6.45) is 3.72. The van der Waals surface area contributed by atoms with Gasteiger partial charge in [0.1, 0.15) is 0 Å². The molecule has 4 nitrogen and oxygen atoms in total. The highest BCUT2D eigenvalue weighted by molar-refractivity contribution is 5.85. The number of amides is 1. The molecule has 1 saturated carbocycles. The van der Waals surface area contributed by atoms with E-state index in [-0.39, 0.29) is 24.4 Å². The van der Waals surface area contributed by atoms with Crippen molar-refractivity contribution in [3.05, 3.63) is 0 Å². The van der Waals surface area contributed by atoms with Crippen molar-refractivity contribution in [3.63, 3.8) is 0 Å². The van der Waals surface area contributed by atoms with Crippen LogP contribution in [0.15, 0.2) is 0 Å². The lowest BCUT2D eigenvalue weighted by molar-refractivity contribution is -0.132. The van der Waals surface area contributed by atoms with Gasteiger partial charge in [-0.05, 0) is 38.5 Å². The predicted octanol–water partition coefficient (Wildman–Crippen LogP) is 1.33. The first-order chi connectivity index (χ1) is 8.49. The van der Waals surface area contributed by atoms with E-state index in [1.165, 1.54) is 12.8 Å². The van der Waals surface area contributed by atoms with Gasteiger partial charge in [0.2, 0.25) is 5.91 Å². The van der Waals surface area contributed by atoms with Gasteiger partial charge in [0.25, 0.3) is 0 Å². The third kappa shape index (κ3) is 3.83. The van der Waals surface area contributed by atoms with E-state index in [9.17, 15) is 4.79 Å². The van der Waals surface area contributed by atoms with Crippen molar-refractivity contribution in [2.45, 2.75) is 45.2 Å². The molecule has 0 bridgehead atoms. The first-order valence-corrected chi connectivity index (χ1v) is 7.22. The van der Waals surface area contributed by atoms with Gasteiger partial charge in [0.05, 0.1) is 6.54 Å². The molecule has 2 aliphatic rings. The highest BCUT2D eigenvalue weighted by Crippen LogP contribution is 2.35. The number of hydrogen-bond donors (Lipinski definition) is 1. The molecule has 0 spiro atoms. The van der Waals surface area contributed by atoms with Crippen molar-refractivity contribution >= 4 is 18.3 Å². The third-order valence-electron chi connectivity index (χ3n) is 4.76. The summed E-state index contributed by atoms with van der Waals surface area (Å²) in [5.41, 5.74) is 6.20. The van der Waals surface area contributed by atoms with Crippen LogP contribution in [0.1, 0.15) is 33.1 Å². The van der Waals surface area contributed by atoms with E-state index in [0.717, 1.165) is 25.4 Å². The summed E-state index contributed by atoms with van der Waals surface area (Å²) in [5.74, 6) is 1.58. The average molecular weight is 290 g/mol. The molecule has 0 aromatic rings. The van der Waals surface area contributed by atoms with Gasteiger partial charge in [-0.25, -0.2) is 0 Å². The van der Waals surface area contributed by atoms with Crippen molar-refractivity contribution in [1.82, 2.24) is 9.80 Å². The van der Waals surface area contributed by atoms with Crippen LogP contribution in [0.3, 0.4) is 0 Å². The molecule has 1 amide bonds. The van der Waals surface area contributed by atoms with Gasteiger partial charge in [-0.15, -0.1) is 12.4 Å². The van der Waals surface area contributed by atoms with Gasteiger partial charge in [-0.2, -0.15) is 0 Å². The first kappa shape index (κ1) is 16.7. The summed E-state index contributed by atoms with van der Waals surface area (Å²) < 4.78 is 0. The van der Waals surface area contributed by atoms with Gasteiger partial charge < -0.3 is 10.6 Å². The number of nitrogens with two attached hydrogens (primary N) is 1. The number of fused-ring (bicyclic) bond motifs is 1. The van der Waals surface area contributed by atoms with Crippen molar-refractivity contribution in [2.75, 3.05) is 26.7 Å². The lowest BCUT2D eigenvalue weighted by Gasteiger charge is -2.29. The number of likely N-dealkylation sites (N-methyl/N-ethyl adjacent to an activating group) is 1. The summed E-state index contributed by atoms with van der Waals surface area (Å²) in [4.78, 5) is 16.2. The number of nitrogens with zero attached hydrogens (tertiary/aromatic N) is 2. The number of carbonyl (C=O) groups excluding carboxylic acids is 1. The van der Waals surface area contributed by atoms with Crippen LogP contribution in [-0.4, -0.2) is 54.5 Å². The third-order valence-corrected chi connectivity index (χ3v) is 4.76. The molecule has 3 atom stereocenters. The Morgan fingerprint density at radius 2 is 2.05 bits per heavy atom. The highest BCUT2D eigenvalue weighted by Gasteiger charge is 2.39. The Bertz CT molecular complexity index is 311.